The van der Waals surface area contributed by atoms with E-state index in [0.29, 0.717) is 12.5 Å². The highest BCUT2D eigenvalue weighted by Gasteiger charge is 2.18. The van der Waals surface area contributed by atoms with E-state index in [1.165, 1.54) is 5.56 Å². The molecule has 0 aliphatic heterocycles. The molecule has 3 nitrogen and oxygen atoms in total. The van der Waals surface area contributed by atoms with Gasteiger partial charge in [0.05, 0.1) is 13.0 Å². The molecular formula is C15H22O3. The average molecular weight is 250 g/mol. The normalized spacial score (nSPS) is 12.5. The van der Waals surface area contributed by atoms with Gasteiger partial charge in [0.25, 0.3) is 0 Å². The molecule has 0 saturated heterocycles. The standard InChI is InChI=1S/C15H22O3/c1-10(2)13(8-15(16)17)9-18-14-7-5-6-11(3)12(14)4/h5-7,10,13H,8-9H2,1-4H3,(H,16,17). The van der Waals surface area contributed by atoms with Crippen molar-refractivity contribution in [2.45, 2.75) is 34.1 Å². The van der Waals surface area contributed by atoms with Crippen LogP contribution in [0.3, 0.4) is 0 Å². The summed E-state index contributed by atoms with van der Waals surface area (Å²) in [4.78, 5) is 10.8. The zero-order chi connectivity index (χ0) is 13.7. The van der Waals surface area contributed by atoms with E-state index in [2.05, 4.69) is 0 Å². The minimum atomic E-state index is -0.765. The third kappa shape index (κ3) is 4.06. The first-order valence-electron chi connectivity index (χ1n) is 6.32. The molecular weight excluding hydrogens is 228 g/mol. The van der Waals surface area contributed by atoms with E-state index in [-0.39, 0.29) is 12.3 Å². The monoisotopic (exact) mass is 250 g/mol. The average Bonchev–Trinajstić information content (AvgIpc) is 2.28. The van der Waals surface area contributed by atoms with Crippen LogP contribution in [-0.4, -0.2) is 17.7 Å². The zero-order valence-corrected chi connectivity index (χ0v) is 11.6. The molecule has 0 fully saturated rings. The Balaban J connectivity index is 2.67. The number of carbonyl (C=O) groups is 1. The van der Waals surface area contributed by atoms with E-state index >= 15 is 0 Å². The number of hydrogen-bond acceptors (Lipinski definition) is 2. The first-order chi connectivity index (χ1) is 8.41. The van der Waals surface area contributed by atoms with Crippen molar-refractivity contribution >= 4 is 5.97 Å². The van der Waals surface area contributed by atoms with Gasteiger partial charge in [-0.2, -0.15) is 0 Å². The van der Waals surface area contributed by atoms with E-state index in [1.807, 2.05) is 45.9 Å². The molecule has 1 unspecified atom stereocenters. The van der Waals surface area contributed by atoms with Gasteiger partial charge in [-0.3, -0.25) is 4.79 Å². The second kappa shape index (κ2) is 6.43. The van der Waals surface area contributed by atoms with Crippen LogP contribution in [0.1, 0.15) is 31.4 Å². The Morgan fingerprint density at radius 1 is 1.33 bits per heavy atom. The van der Waals surface area contributed by atoms with Crippen LogP contribution in [0.5, 0.6) is 5.75 Å². The number of carboxylic acid groups (broad SMARTS) is 1. The summed E-state index contributed by atoms with van der Waals surface area (Å²) in [5.41, 5.74) is 2.31. The molecule has 1 aromatic carbocycles. The minimum Gasteiger partial charge on any atom is -0.493 e. The van der Waals surface area contributed by atoms with E-state index in [0.717, 1.165) is 11.3 Å². The van der Waals surface area contributed by atoms with Gasteiger partial charge in [-0.05, 0) is 37.0 Å². The first-order valence-corrected chi connectivity index (χ1v) is 6.32. The quantitative estimate of drug-likeness (QED) is 0.841. The maximum Gasteiger partial charge on any atom is 0.303 e. The van der Waals surface area contributed by atoms with Gasteiger partial charge in [-0.25, -0.2) is 0 Å². The Morgan fingerprint density at radius 3 is 2.56 bits per heavy atom. The number of carboxylic acids is 1. The predicted molar refractivity (Wildman–Crippen MR) is 72.0 cm³/mol. The molecule has 1 aromatic rings. The second-order valence-corrected chi connectivity index (χ2v) is 5.11. The third-order valence-corrected chi connectivity index (χ3v) is 3.39. The van der Waals surface area contributed by atoms with Crippen LogP contribution in [0.4, 0.5) is 0 Å². The highest BCUT2D eigenvalue weighted by Crippen LogP contribution is 2.23. The molecule has 0 heterocycles. The maximum atomic E-state index is 10.8. The number of hydrogen-bond donors (Lipinski definition) is 1. The highest BCUT2D eigenvalue weighted by molar-refractivity contribution is 5.67. The summed E-state index contributed by atoms with van der Waals surface area (Å²) in [6.07, 6.45) is 0.155. The molecule has 0 amide bonds. The molecule has 3 heteroatoms. The van der Waals surface area contributed by atoms with Gasteiger partial charge < -0.3 is 9.84 Å². The molecule has 0 radical (unpaired) electrons. The third-order valence-electron chi connectivity index (χ3n) is 3.39. The predicted octanol–water partition coefficient (Wildman–Crippen LogP) is 3.43. The molecule has 0 aromatic heterocycles. The van der Waals surface area contributed by atoms with Gasteiger partial charge >= 0.3 is 5.97 Å². The molecule has 1 rings (SSSR count). The Labute approximate surface area is 109 Å². The lowest BCUT2D eigenvalue weighted by molar-refractivity contribution is -0.138. The first kappa shape index (κ1) is 14.6. The SMILES string of the molecule is Cc1cccc(OCC(CC(=O)O)C(C)C)c1C. The van der Waals surface area contributed by atoms with Crippen molar-refractivity contribution in [1.29, 1.82) is 0 Å². The summed E-state index contributed by atoms with van der Waals surface area (Å²) in [7, 11) is 0. The Morgan fingerprint density at radius 2 is 2.00 bits per heavy atom. The summed E-state index contributed by atoms with van der Waals surface area (Å²) < 4.78 is 5.78. The van der Waals surface area contributed by atoms with Gasteiger partial charge in [0.15, 0.2) is 0 Å². The molecule has 1 N–H and O–H groups in total. The summed E-state index contributed by atoms with van der Waals surface area (Å²) in [6, 6.07) is 5.93. The Bertz CT molecular complexity index is 410. The van der Waals surface area contributed by atoms with Crippen LogP contribution >= 0.6 is 0 Å². The number of aliphatic carboxylic acids is 1. The summed E-state index contributed by atoms with van der Waals surface area (Å²) in [6.45, 7) is 8.57. The zero-order valence-electron chi connectivity index (χ0n) is 11.6. The van der Waals surface area contributed by atoms with Gasteiger partial charge in [-0.1, -0.05) is 26.0 Å². The van der Waals surface area contributed by atoms with Gasteiger partial charge in [-0.15, -0.1) is 0 Å². The summed E-state index contributed by atoms with van der Waals surface area (Å²) in [5, 5.41) is 8.87. The van der Waals surface area contributed by atoms with E-state index < -0.39 is 5.97 Å². The van der Waals surface area contributed by atoms with E-state index in [1.54, 1.807) is 0 Å². The molecule has 18 heavy (non-hydrogen) atoms. The topological polar surface area (TPSA) is 46.5 Å². The maximum absolute atomic E-state index is 10.8. The van der Waals surface area contributed by atoms with Crippen molar-refractivity contribution in [2.24, 2.45) is 11.8 Å². The molecule has 0 spiro atoms. The lowest BCUT2D eigenvalue weighted by atomic mass is 9.93. The molecule has 1 atom stereocenters. The van der Waals surface area contributed by atoms with Crippen molar-refractivity contribution in [3.63, 3.8) is 0 Å². The minimum absolute atomic E-state index is 0.0439. The van der Waals surface area contributed by atoms with Gasteiger partial charge in [0.1, 0.15) is 5.75 Å². The summed E-state index contributed by atoms with van der Waals surface area (Å²) in [5.74, 6) is 0.429. The number of benzene rings is 1. The fourth-order valence-corrected chi connectivity index (χ4v) is 1.79. The fourth-order valence-electron chi connectivity index (χ4n) is 1.79. The van der Waals surface area contributed by atoms with E-state index in [9.17, 15) is 4.79 Å². The van der Waals surface area contributed by atoms with Crippen LogP contribution in [0, 0.1) is 25.7 Å². The van der Waals surface area contributed by atoms with E-state index in [4.69, 9.17) is 9.84 Å². The van der Waals surface area contributed by atoms with Crippen LogP contribution < -0.4 is 4.74 Å². The largest absolute Gasteiger partial charge is 0.493 e. The Hall–Kier alpha value is -1.51. The van der Waals surface area contributed by atoms with Crippen molar-refractivity contribution in [2.75, 3.05) is 6.61 Å². The molecule has 0 saturated carbocycles. The fraction of sp³-hybridized carbons (Fsp3) is 0.533. The van der Waals surface area contributed by atoms with Crippen molar-refractivity contribution in [3.8, 4) is 5.75 Å². The second-order valence-electron chi connectivity index (χ2n) is 5.11. The highest BCUT2D eigenvalue weighted by atomic mass is 16.5. The molecule has 100 valence electrons. The number of aryl methyl sites for hydroxylation is 1. The van der Waals surface area contributed by atoms with Crippen molar-refractivity contribution < 1.29 is 14.6 Å². The van der Waals surface area contributed by atoms with Crippen molar-refractivity contribution in [3.05, 3.63) is 29.3 Å². The van der Waals surface area contributed by atoms with Crippen LogP contribution in [0.2, 0.25) is 0 Å². The lowest BCUT2D eigenvalue weighted by Crippen LogP contribution is -2.21. The van der Waals surface area contributed by atoms with Crippen LogP contribution in [-0.2, 0) is 4.79 Å². The van der Waals surface area contributed by atoms with Gasteiger partial charge in [0.2, 0.25) is 0 Å². The van der Waals surface area contributed by atoms with Crippen LogP contribution in [0.25, 0.3) is 0 Å². The molecule has 0 aliphatic carbocycles. The summed E-state index contributed by atoms with van der Waals surface area (Å²) >= 11 is 0. The number of rotatable bonds is 6. The molecule has 0 bridgehead atoms. The lowest BCUT2D eigenvalue weighted by Gasteiger charge is -2.20. The van der Waals surface area contributed by atoms with Crippen LogP contribution in [0.15, 0.2) is 18.2 Å². The smallest absolute Gasteiger partial charge is 0.303 e. The Kier molecular flexibility index (Phi) is 5.20. The van der Waals surface area contributed by atoms with Gasteiger partial charge in [0, 0.05) is 5.92 Å². The number of ether oxygens (including phenoxy) is 1. The molecule has 0 aliphatic rings. The van der Waals surface area contributed by atoms with Crippen molar-refractivity contribution in [1.82, 2.24) is 0 Å².